The first-order chi connectivity index (χ1) is 11.6. The van der Waals surface area contributed by atoms with Gasteiger partial charge in [0.25, 0.3) is 5.91 Å². The molecule has 0 saturated carbocycles. The van der Waals surface area contributed by atoms with E-state index in [0.29, 0.717) is 17.0 Å². The van der Waals surface area contributed by atoms with Crippen molar-refractivity contribution >= 4 is 11.6 Å². The zero-order valence-corrected chi connectivity index (χ0v) is 13.9. The third-order valence-electron chi connectivity index (χ3n) is 3.83. The van der Waals surface area contributed by atoms with Crippen molar-refractivity contribution in [1.29, 1.82) is 0 Å². The monoisotopic (exact) mass is 321 g/mol. The van der Waals surface area contributed by atoms with Gasteiger partial charge in [0.1, 0.15) is 17.0 Å². The maximum absolute atomic E-state index is 12.6. The van der Waals surface area contributed by atoms with Crippen LogP contribution in [0.2, 0.25) is 0 Å². The molecule has 1 aromatic heterocycles. The zero-order valence-electron chi connectivity index (χ0n) is 13.9. The van der Waals surface area contributed by atoms with E-state index in [-0.39, 0.29) is 5.91 Å². The van der Waals surface area contributed by atoms with E-state index in [2.05, 4.69) is 22.1 Å². The predicted octanol–water partition coefficient (Wildman–Crippen LogP) is 4.02. The van der Waals surface area contributed by atoms with Gasteiger partial charge < -0.3 is 4.52 Å². The fourth-order valence-electron chi connectivity index (χ4n) is 2.57. The molecule has 0 fully saturated rings. The van der Waals surface area contributed by atoms with Gasteiger partial charge in [-0.15, -0.1) is 0 Å². The van der Waals surface area contributed by atoms with Crippen molar-refractivity contribution in [3.05, 3.63) is 71.0 Å². The molecule has 0 spiro atoms. The van der Waals surface area contributed by atoms with Crippen LogP contribution in [0, 0.1) is 20.8 Å². The van der Waals surface area contributed by atoms with Crippen LogP contribution >= 0.6 is 0 Å². The third-order valence-corrected chi connectivity index (χ3v) is 3.83. The SMILES string of the molecule is Cc1ccc(NNC(=O)c2c(-c3ccccc3)noc2C)c(C)c1. The molecule has 0 saturated heterocycles. The third kappa shape index (κ3) is 3.15. The van der Waals surface area contributed by atoms with Gasteiger partial charge in [-0.25, -0.2) is 0 Å². The Bertz CT molecular complexity index is 870. The van der Waals surface area contributed by atoms with Crippen LogP contribution in [-0.4, -0.2) is 11.1 Å². The molecule has 2 N–H and O–H groups in total. The van der Waals surface area contributed by atoms with Crippen molar-refractivity contribution in [3.63, 3.8) is 0 Å². The van der Waals surface area contributed by atoms with Crippen LogP contribution in [0.4, 0.5) is 5.69 Å². The number of hydrazine groups is 1. The highest BCUT2D eigenvalue weighted by molar-refractivity contribution is 6.01. The van der Waals surface area contributed by atoms with E-state index >= 15 is 0 Å². The average molecular weight is 321 g/mol. The lowest BCUT2D eigenvalue weighted by Crippen LogP contribution is -2.30. The molecule has 1 amide bonds. The smallest absolute Gasteiger partial charge is 0.275 e. The lowest BCUT2D eigenvalue weighted by atomic mass is 10.1. The molecular weight excluding hydrogens is 302 g/mol. The number of amides is 1. The van der Waals surface area contributed by atoms with Gasteiger partial charge in [0.2, 0.25) is 0 Å². The summed E-state index contributed by atoms with van der Waals surface area (Å²) in [6, 6.07) is 15.5. The number of carbonyl (C=O) groups is 1. The molecule has 5 nitrogen and oxygen atoms in total. The van der Waals surface area contributed by atoms with E-state index in [1.165, 1.54) is 5.56 Å². The molecule has 122 valence electrons. The summed E-state index contributed by atoms with van der Waals surface area (Å²) in [5, 5.41) is 4.03. The lowest BCUT2D eigenvalue weighted by Gasteiger charge is -2.11. The Morgan fingerprint density at radius 2 is 1.79 bits per heavy atom. The first kappa shape index (κ1) is 15.8. The fourth-order valence-corrected chi connectivity index (χ4v) is 2.57. The number of rotatable bonds is 4. The Labute approximate surface area is 140 Å². The van der Waals surface area contributed by atoms with Crippen molar-refractivity contribution in [1.82, 2.24) is 10.6 Å². The molecule has 3 aromatic rings. The van der Waals surface area contributed by atoms with Crippen LogP contribution in [0.15, 0.2) is 53.1 Å². The molecule has 1 heterocycles. The molecule has 5 heteroatoms. The number of carbonyl (C=O) groups excluding carboxylic acids is 1. The van der Waals surface area contributed by atoms with E-state index in [1.54, 1.807) is 6.92 Å². The molecule has 0 atom stereocenters. The molecule has 0 aliphatic rings. The zero-order chi connectivity index (χ0) is 17.1. The largest absolute Gasteiger partial charge is 0.360 e. The average Bonchev–Trinajstić information content (AvgIpc) is 2.96. The van der Waals surface area contributed by atoms with Gasteiger partial charge in [0, 0.05) is 5.56 Å². The number of hydrogen-bond acceptors (Lipinski definition) is 4. The number of aromatic nitrogens is 1. The van der Waals surface area contributed by atoms with E-state index < -0.39 is 0 Å². The maximum atomic E-state index is 12.6. The Morgan fingerprint density at radius 1 is 1.04 bits per heavy atom. The summed E-state index contributed by atoms with van der Waals surface area (Å²) < 4.78 is 5.22. The van der Waals surface area contributed by atoms with Crippen molar-refractivity contribution in [2.45, 2.75) is 20.8 Å². The highest BCUT2D eigenvalue weighted by atomic mass is 16.5. The maximum Gasteiger partial charge on any atom is 0.275 e. The van der Waals surface area contributed by atoms with Crippen molar-refractivity contribution < 1.29 is 9.32 Å². The van der Waals surface area contributed by atoms with Gasteiger partial charge in [-0.2, -0.15) is 0 Å². The van der Waals surface area contributed by atoms with Crippen LogP contribution in [0.25, 0.3) is 11.3 Å². The number of hydrogen-bond donors (Lipinski definition) is 2. The highest BCUT2D eigenvalue weighted by Crippen LogP contribution is 2.25. The first-order valence-corrected chi connectivity index (χ1v) is 7.71. The minimum absolute atomic E-state index is 0.285. The first-order valence-electron chi connectivity index (χ1n) is 7.71. The number of anilines is 1. The summed E-state index contributed by atoms with van der Waals surface area (Å²) in [6.07, 6.45) is 0. The van der Waals surface area contributed by atoms with Crippen LogP contribution in [0.1, 0.15) is 27.2 Å². The second-order valence-corrected chi connectivity index (χ2v) is 5.73. The lowest BCUT2D eigenvalue weighted by molar-refractivity contribution is 0.0961. The number of aryl methyl sites for hydroxylation is 3. The topological polar surface area (TPSA) is 67.2 Å². The van der Waals surface area contributed by atoms with E-state index in [9.17, 15) is 4.79 Å². The summed E-state index contributed by atoms with van der Waals surface area (Å²) in [5.74, 6) is 0.196. The number of benzene rings is 2. The Kier molecular flexibility index (Phi) is 4.33. The summed E-state index contributed by atoms with van der Waals surface area (Å²) in [6.45, 7) is 5.75. The standard InChI is InChI=1S/C19H19N3O2/c1-12-9-10-16(13(2)11-12)20-21-19(23)17-14(3)24-22-18(17)15-7-5-4-6-8-15/h4-11,20H,1-3H3,(H,21,23). The predicted molar refractivity (Wildman–Crippen MR) is 93.7 cm³/mol. The molecule has 0 radical (unpaired) electrons. The van der Waals surface area contributed by atoms with Crippen LogP contribution in [0.3, 0.4) is 0 Å². The summed E-state index contributed by atoms with van der Waals surface area (Å²) in [4.78, 5) is 12.6. The van der Waals surface area contributed by atoms with Crippen molar-refractivity contribution in [2.24, 2.45) is 0 Å². The summed E-state index contributed by atoms with van der Waals surface area (Å²) in [5.41, 5.74) is 10.6. The van der Waals surface area contributed by atoms with Gasteiger partial charge in [0.05, 0.1) is 5.69 Å². The molecular formula is C19H19N3O2. The van der Waals surface area contributed by atoms with Crippen LogP contribution in [-0.2, 0) is 0 Å². The van der Waals surface area contributed by atoms with Crippen LogP contribution in [0.5, 0.6) is 0 Å². The van der Waals surface area contributed by atoms with Gasteiger partial charge in [0.15, 0.2) is 0 Å². The molecule has 24 heavy (non-hydrogen) atoms. The molecule has 0 bridgehead atoms. The second kappa shape index (κ2) is 6.58. The van der Waals surface area contributed by atoms with E-state index in [0.717, 1.165) is 16.8 Å². The van der Waals surface area contributed by atoms with E-state index in [4.69, 9.17) is 4.52 Å². The molecule has 0 aliphatic carbocycles. The fraction of sp³-hybridized carbons (Fsp3) is 0.158. The van der Waals surface area contributed by atoms with Crippen molar-refractivity contribution in [3.8, 4) is 11.3 Å². The van der Waals surface area contributed by atoms with Gasteiger partial charge in [-0.1, -0.05) is 53.2 Å². The number of nitrogens with one attached hydrogen (secondary N) is 2. The Hall–Kier alpha value is -3.08. The van der Waals surface area contributed by atoms with Gasteiger partial charge >= 0.3 is 0 Å². The molecule has 2 aromatic carbocycles. The minimum Gasteiger partial charge on any atom is -0.360 e. The highest BCUT2D eigenvalue weighted by Gasteiger charge is 2.21. The van der Waals surface area contributed by atoms with Crippen LogP contribution < -0.4 is 10.9 Å². The van der Waals surface area contributed by atoms with Gasteiger partial charge in [-0.05, 0) is 32.4 Å². The summed E-state index contributed by atoms with van der Waals surface area (Å²) in [7, 11) is 0. The quantitative estimate of drug-likeness (QED) is 0.712. The van der Waals surface area contributed by atoms with Gasteiger partial charge in [-0.3, -0.25) is 15.6 Å². The normalized spacial score (nSPS) is 10.5. The number of nitrogens with zero attached hydrogens (tertiary/aromatic N) is 1. The second-order valence-electron chi connectivity index (χ2n) is 5.73. The minimum atomic E-state index is -0.285. The summed E-state index contributed by atoms with van der Waals surface area (Å²) >= 11 is 0. The molecule has 0 unspecified atom stereocenters. The molecule has 3 rings (SSSR count). The Morgan fingerprint density at radius 3 is 2.50 bits per heavy atom. The van der Waals surface area contributed by atoms with E-state index in [1.807, 2.05) is 56.3 Å². The molecule has 0 aliphatic heterocycles. The Balaban J connectivity index is 1.82. The van der Waals surface area contributed by atoms with Crippen molar-refractivity contribution in [2.75, 3.05) is 5.43 Å².